The molecule has 0 spiro atoms. The molecule has 0 radical (unpaired) electrons. The van der Waals surface area contributed by atoms with Crippen LogP contribution in [0.15, 0.2) is 6.20 Å². The van der Waals surface area contributed by atoms with Gasteiger partial charge in [-0.2, -0.15) is 13.2 Å². The number of rotatable bonds is 6. The van der Waals surface area contributed by atoms with Crippen molar-refractivity contribution in [2.24, 2.45) is 0 Å². The minimum absolute atomic E-state index is 0.0670. The summed E-state index contributed by atoms with van der Waals surface area (Å²) in [7, 11) is 0. The van der Waals surface area contributed by atoms with Crippen LogP contribution < -0.4 is 10.1 Å². The van der Waals surface area contributed by atoms with Crippen molar-refractivity contribution in [3.63, 3.8) is 0 Å². The summed E-state index contributed by atoms with van der Waals surface area (Å²) in [6.07, 6.45) is -5.00. The van der Waals surface area contributed by atoms with Crippen LogP contribution in [-0.2, 0) is 6.54 Å². The van der Waals surface area contributed by atoms with Crippen LogP contribution in [0.5, 0.6) is 5.75 Å². The molecule has 1 rings (SSSR count). The van der Waals surface area contributed by atoms with Crippen molar-refractivity contribution in [2.75, 3.05) is 0 Å². The standard InChI is InChI=1S/C14H22F3N3O/c1-8(2)13-19-7-12(21-10(5)14(15,16)17)11(20-13)6-18-9(3)4/h7-10,18H,6H2,1-5H3. The van der Waals surface area contributed by atoms with E-state index in [9.17, 15) is 13.2 Å². The van der Waals surface area contributed by atoms with Gasteiger partial charge >= 0.3 is 6.18 Å². The first-order valence-electron chi connectivity index (χ1n) is 6.93. The summed E-state index contributed by atoms with van der Waals surface area (Å²) in [6, 6.07) is 0.190. The molecule has 4 nitrogen and oxygen atoms in total. The Morgan fingerprint density at radius 3 is 2.29 bits per heavy atom. The predicted molar refractivity (Wildman–Crippen MR) is 74.2 cm³/mol. The summed E-state index contributed by atoms with van der Waals surface area (Å²) < 4.78 is 42.8. The summed E-state index contributed by atoms with van der Waals surface area (Å²) in [6.45, 7) is 9.05. The summed E-state index contributed by atoms with van der Waals surface area (Å²) in [5.74, 6) is 0.747. The van der Waals surface area contributed by atoms with Gasteiger partial charge in [-0.15, -0.1) is 0 Å². The first kappa shape index (κ1) is 17.7. The predicted octanol–water partition coefficient (Wildman–Crippen LogP) is 3.43. The summed E-state index contributed by atoms with van der Waals surface area (Å²) in [4.78, 5) is 8.38. The second-order valence-electron chi connectivity index (χ2n) is 5.53. The molecule has 0 aliphatic rings. The number of nitrogens with one attached hydrogen (secondary N) is 1. The molecule has 120 valence electrons. The summed E-state index contributed by atoms with van der Waals surface area (Å²) in [5.41, 5.74) is 0.443. The lowest BCUT2D eigenvalue weighted by molar-refractivity contribution is -0.189. The lowest BCUT2D eigenvalue weighted by Gasteiger charge is -2.20. The van der Waals surface area contributed by atoms with Crippen LogP contribution >= 0.6 is 0 Å². The maximum atomic E-state index is 12.6. The fourth-order valence-electron chi connectivity index (χ4n) is 1.48. The average Bonchev–Trinajstić information content (AvgIpc) is 2.35. The third kappa shape index (κ3) is 5.49. The smallest absolute Gasteiger partial charge is 0.425 e. The Bertz CT molecular complexity index is 461. The largest absolute Gasteiger partial charge is 0.478 e. The van der Waals surface area contributed by atoms with Crippen LogP contribution in [0.4, 0.5) is 13.2 Å². The van der Waals surface area contributed by atoms with Crippen LogP contribution in [-0.4, -0.2) is 28.3 Å². The van der Waals surface area contributed by atoms with Gasteiger partial charge in [-0.3, -0.25) is 0 Å². The fourth-order valence-corrected chi connectivity index (χ4v) is 1.48. The lowest BCUT2D eigenvalue weighted by Crippen LogP contribution is -2.32. The van der Waals surface area contributed by atoms with E-state index in [0.29, 0.717) is 18.1 Å². The average molecular weight is 305 g/mol. The number of ether oxygens (including phenoxy) is 1. The molecule has 0 saturated carbocycles. The Hall–Kier alpha value is -1.37. The summed E-state index contributed by atoms with van der Waals surface area (Å²) >= 11 is 0. The van der Waals surface area contributed by atoms with Gasteiger partial charge in [0.15, 0.2) is 11.9 Å². The summed E-state index contributed by atoms with van der Waals surface area (Å²) in [5, 5.41) is 3.13. The Kier molecular flexibility index (Phi) is 5.95. The minimum Gasteiger partial charge on any atom is -0.478 e. The van der Waals surface area contributed by atoms with Gasteiger partial charge in [0.2, 0.25) is 0 Å². The van der Waals surface area contributed by atoms with Crippen molar-refractivity contribution in [3.05, 3.63) is 17.7 Å². The third-order valence-electron chi connectivity index (χ3n) is 2.81. The van der Waals surface area contributed by atoms with Gasteiger partial charge in [0, 0.05) is 18.5 Å². The van der Waals surface area contributed by atoms with E-state index < -0.39 is 12.3 Å². The number of aromatic nitrogens is 2. The normalized spacial score (nSPS) is 13.8. The zero-order valence-electron chi connectivity index (χ0n) is 13.0. The molecule has 0 aromatic carbocycles. The molecule has 0 fully saturated rings. The fraction of sp³-hybridized carbons (Fsp3) is 0.714. The SMILES string of the molecule is CC(C)NCc1nc(C(C)C)ncc1OC(C)C(F)(F)F. The minimum atomic E-state index is -4.42. The van der Waals surface area contributed by atoms with E-state index in [2.05, 4.69) is 15.3 Å². The Morgan fingerprint density at radius 1 is 1.19 bits per heavy atom. The van der Waals surface area contributed by atoms with Crippen LogP contribution in [0.25, 0.3) is 0 Å². The van der Waals surface area contributed by atoms with Gasteiger partial charge in [-0.05, 0) is 6.92 Å². The van der Waals surface area contributed by atoms with E-state index in [-0.39, 0.29) is 17.7 Å². The van der Waals surface area contributed by atoms with Crippen molar-refractivity contribution in [2.45, 2.75) is 65.4 Å². The molecule has 7 heteroatoms. The van der Waals surface area contributed by atoms with Gasteiger partial charge < -0.3 is 10.1 Å². The quantitative estimate of drug-likeness (QED) is 0.874. The number of halogens is 3. The van der Waals surface area contributed by atoms with Gasteiger partial charge in [0.05, 0.1) is 11.9 Å². The lowest BCUT2D eigenvalue weighted by atomic mass is 10.2. The highest BCUT2D eigenvalue weighted by Crippen LogP contribution is 2.26. The zero-order valence-corrected chi connectivity index (χ0v) is 13.0. The molecule has 1 N–H and O–H groups in total. The number of nitrogens with zero attached hydrogens (tertiary/aromatic N) is 2. The van der Waals surface area contributed by atoms with Crippen molar-refractivity contribution in [3.8, 4) is 5.75 Å². The highest BCUT2D eigenvalue weighted by Gasteiger charge is 2.38. The van der Waals surface area contributed by atoms with E-state index in [1.165, 1.54) is 6.20 Å². The Labute approximate surface area is 123 Å². The molecule has 0 aliphatic heterocycles. The van der Waals surface area contributed by atoms with Gasteiger partial charge in [0.1, 0.15) is 5.82 Å². The number of alkyl halides is 3. The maximum Gasteiger partial charge on any atom is 0.425 e. The molecule has 21 heavy (non-hydrogen) atoms. The van der Waals surface area contributed by atoms with E-state index in [0.717, 1.165) is 6.92 Å². The molecule has 0 bridgehead atoms. The first-order valence-corrected chi connectivity index (χ1v) is 6.93. The maximum absolute atomic E-state index is 12.6. The van der Waals surface area contributed by atoms with Crippen LogP contribution in [0.1, 0.15) is 52.1 Å². The molecular formula is C14H22F3N3O. The van der Waals surface area contributed by atoms with Crippen molar-refractivity contribution < 1.29 is 17.9 Å². The molecule has 1 heterocycles. The zero-order chi connectivity index (χ0) is 16.2. The molecule has 1 unspecified atom stereocenters. The van der Waals surface area contributed by atoms with Crippen LogP contribution in [0.3, 0.4) is 0 Å². The number of hydrogen-bond acceptors (Lipinski definition) is 4. The third-order valence-corrected chi connectivity index (χ3v) is 2.81. The first-order chi connectivity index (χ1) is 9.61. The van der Waals surface area contributed by atoms with Gasteiger partial charge in [-0.25, -0.2) is 9.97 Å². The van der Waals surface area contributed by atoms with Gasteiger partial charge in [-0.1, -0.05) is 27.7 Å². The Balaban J connectivity index is 3.00. The molecule has 0 amide bonds. The number of hydrogen-bond donors (Lipinski definition) is 1. The van der Waals surface area contributed by atoms with E-state index in [1.807, 2.05) is 27.7 Å². The highest BCUT2D eigenvalue weighted by molar-refractivity contribution is 5.26. The van der Waals surface area contributed by atoms with Crippen molar-refractivity contribution in [1.82, 2.24) is 15.3 Å². The van der Waals surface area contributed by atoms with E-state index in [1.54, 1.807) is 0 Å². The molecule has 0 saturated heterocycles. The second kappa shape index (κ2) is 7.06. The van der Waals surface area contributed by atoms with Crippen molar-refractivity contribution >= 4 is 0 Å². The topological polar surface area (TPSA) is 47.0 Å². The van der Waals surface area contributed by atoms with E-state index in [4.69, 9.17) is 4.74 Å². The molecule has 0 aliphatic carbocycles. The highest BCUT2D eigenvalue weighted by atomic mass is 19.4. The molecule has 1 aromatic heterocycles. The van der Waals surface area contributed by atoms with Crippen LogP contribution in [0, 0.1) is 0 Å². The van der Waals surface area contributed by atoms with Crippen molar-refractivity contribution in [1.29, 1.82) is 0 Å². The second-order valence-corrected chi connectivity index (χ2v) is 5.53. The molecule has 1 atom stereocenters. The van der Waals surface area contributed by atoms with E-state index >= 15 is 0 Å². The van der Waals surface area contributed by atoms with Crippen LogP contribution in [0.2, 0.25) is 0 Å². The molecular weight excluding hydrogens is 283 g/mol. The molecule has 1 aromatic rings. The Morgan fingerprint density at radius 2 is 1.81 bits per heavy atom. The van der Waals surface area contributed by atoms with Gasteiger partial charge in [0.25, 0.3) is 0 Å². The monoisotopic (exact) mass is 305 g/mol.